The van der Waals surface area contributed by atoms with E-state index >= 15 is 0 Å². The van der Waals surface area contributed by atoms with E-state index in [9.17, 15) is 9.59 Å². The van der Waals surface area contributed by atoms with Crippen LogP contribution >= 0.6 is 0 Å². The van der Waals surface area contributed by atoms with E-state index in [2.05, 4.69) is 5.32 Å². The Morgan fingerprint density at radius 2 is 1.94 bits per heavy atom. The van der Waals surface area contributed by atoms with Crippen molar-refractivity contribution in [1.29, 1.82) is 0 Å². The Morgan fingerprint density at radius 1 is 1.38 bits per heavy atom. The first kappa shape index (κ1) is 12.0. The van der Waals surface area contributed by atoms with Gasteiger partial charge < -0.3 is 16.2 Å². The molecule has 1 rings (SSSR count). The number of amides is 1. The Labute approximate surface area is 93.3 Å². The number of aliphatic carboxylic acids is 1. The topological polar surface area (TPSA) is 92.4 Å². The second-order valence-electron chi connectivity index (χ2n) is 3.39. The number of carbonyl (C=O) groups excluding carboxylic acids is 1. The first-order chi connectivity index (χ1) is 7.54. The fourth-order valence-electron chi connectivity index (χ4n) is 1.21. The van der Waals surface area contributed by atoms with Gasteiger partial charge in [-0.15, -0.1) is 0 Å². The van der Waals surface area contributed by atoms with Gasteiger partial charge in [-0.05, 0) is 30.7 Å². The van der Waals surface area contributed by atoms with Crippen molar-refractivity contribution in [3.05, 3.63) is 29.8 Å². The molecule has 0 spiro atoms. The number of nitrogens with one attached hydrogen (secondary N) is 1. The van der Waals surface area contributed by atoms with E-state index in [0.717, 1.165) is 0 Å². The predicted octanol–water partition coefficient (Wildman–Crippen LogP) is 0.862. The van der Waals surface area contributed by atoms with Gasteiger partial charge in [0.25, 0.3) is 5.91 Å². The summed E-state index contributed by atoms with van der Waals surface area (Å²) in [6, 6.07) is 5.44. The summed E-state index contributed by atoms with van der Waals surface area (Å²) in [4.78, 5) is 22.3. The Balaban J connectivity index is 2.71. The average Bonchev–Trinajstić information content (AvgIpc) is 2.26. The SMILES string of the molecule is CCC(NC(=O)c1ccc(N)cc1)C(=O)O. The lowest BCUT2D eigenvalue weighted by Crippen LogP contribution is -2.40. The average molecular weight is 222 g/mol. The van der Waals surface area contributed by atoms with Crippen LogP contribution in [0.3, 0.4) is 0 Å². The molecule has 1 aromatic carbocycles. The number of nitrogen functional groups attached to an aromatic ring is 1. The minimum absolute atomic E-state index is 0.343. The summed E-state index contributed by atoms with van der Waals surface area (Å²) < 4.78 is 0. The maximum absolute atomic E-state index is 11.6. The van der Waals surface area contributed by atoms with Crippen molar-refractivity contribution in [2.24, 2.45) is 0 Å². The van der Waals surface area contributed by atoms with E-state index in [1.54, 1.807) is 31.2 Å². The fraction of sp³-hybridized carbons (Fsp3) is 0.273. The molecule has 1 unspecified atom stereocenters. The van der Waals surface area contributed by atoms with Crippen LogP contribution in [-0.2, 0) is 4.79 Å². The molecule has 0 saturated heterocycles. The molecule has 16 heavy (non-hydrogen) atoms. The molecule has 1 amide bonds. The maximum atomic E-state index is 11.6. The summed E-state index contributed by atoms with van der Waals surface area (Å²) in [6.45, 7) is 1.70. The van der Waals surface area contributed by atoms with Gasteiger partial charge in [-0.3, -0.25) is 4.79 Å². The van der Waals surface area contributed by atoms with Gasteiger partial charge in [0.1, 0.15) is 6.04 Å². The van der Waals surface area contributed by atoms with E-state index in [4.69, 9.17) is 10.8 Å². The van der Waals surface area contributed by atoms with Crippen molar-refractivity contribution in [3.8, 4) is 0 Å². The minimum atomic E-state index is -1.04. The molecule has 1 atom stereocenters. The van der Waals surface area contributed by atoms with Gasteiger partial charge in [-0.25, -0.2) is 4.79 Å². The van der Waals surface area contributed by atoms with Crippen LogP contribution in [0.5, 0.6) is 0 Å². The number of carboxylic acids is 1. The molecule has 0 bridgehead atoms. The highest BCUT2D eigenvalue weighted by atomic mass is 16.4. The van der Waals surface area contributed by atoms with E-state index in [1.165, 1.54) is 0 Å². The van der Waals surface area contributed by atoms with Gasteiger partial charge in [0, 0.05) is 11.3 Å². The summed E-state index contributed by atoms with van der Waals surface area (Å²) in [5.41, 5.74) is 6.43. The molecule has 0 saturated carbocycles. The van der Waals surface area contributed by atoms with Crippen molar-refractivity contribution in [1.82, 2.24) is 5.32 Å². The lowest BCUT2D eigenvalue weighted by atomic mass is 10.1. The van der Waals surface area contributed by atoms with E-state index in [0.29, 0.717) is 17.7 Å². The number of hydrogen-bond acceptors (Lipinski definition) is 3. The maximum Gasteiger partial charge on any atom is 0.326 e. The Hall–Kier alpha value is -2.04. The predicted molar refractivity (Wildman–Crippen MR) is 60.0 cm³/mol. The Morgan fingerprint density at radius 3 is 2.38 bits per heavy atom. The highest BCUT2D eigenvalue weighted by Crippen LogP contribution is 2.06. The van der Waals surface area contributed by atoms with Crippen LogP contribution < -0.4 is 11.1 Å². The number of rotatable bonds is 4. The summed E-state index contributed by atoms with van der Waals surface area (Å²) >= 11 is 0. The molecule has 4 N–H and O–H groups in total. The molecule has 1 aromatic rings. The van der Waals surface area contributed by atoms with Crippen molar-refractivity contribution >= 4 is 17.6 Å². The van der Waals surface area contributed by atoms with Crippen molar-refractivity contribution < 1.29 is 14.7 Å². The zero-order valence-corrected chi connectivity index (χ0v) is 8.93. The fourth-order valence-corrected chi connectivity index (χ4v) is 1.21. The molecule has 0 aromatic heterocycles. The number of carboxylic acid groups (broad SMARTS) is 1. The standard InChI is InChI=1S/C11H14N2O3/c1-2-9(11(15)16)13-10(14)7-3-5-8(12)6-4-7/h3-6,9H,2,12H2,1H3,(H,13,14)(H,15,16). The second kappa shape index (κ2) is 5.16. The van der Waals surface area contributed by atoms with E-state index in [-0.39, 0.29) is 0 Å². The van der Waals surface area contributed by atoms with Gasteiger partial charge in [0.2, 0.25) is 0 Å². The van der Waals surface area contributed by atoms with Crippen molar-refractivity contribution in [3.63, 3.8) is 0 Å². The zero-order valence-electron chi connectivity index (χ0n) is 8.93. The number of carbonyl (C=O) groups is 2. The number of anilines is 1. The molecular formula is C11H14N2O3. The molecule has 0 radical (unpaired) electrons. The van der Waals surface area contributed by atoms with Gasteiger partial charge >= 0.3 is 5.97 Å². The van der Waals surface area contributed by atoms with Crippen molar-refractivity contribution in [2.75, 3.05) is 5.73 Å². The third kappa shape index (κ3) is 2.98. The zero-order chi connectivity index (χ0) is 12.1. The van der Waals surface area contributed by atoms with Crippen LogP contribution in [0.25, 0.3) is 0 Å². The molecule has 0 heterocycles. The first-order valence-electron chi connectivity index (χ1n) is 4.93. The van der Waals surface area contributed by atoms with Crippen molar-refractivity contribution in [2.45, 2.75) is 19.4 Å². The number of nitrogens with two attached hydrogens (primary N) is 1. The van der Waals surface area contributed by atoms with Crippen LogP contribution in [0.2, 0.25) is 0 Å². The van der Waals surface area contributed by atoms with Crippen LogP contribution in [0.4, 0.5) is 5.69 Å². The van der Waals surface area contributed by atoms with Gasteiger partial charge in [0.15, 0.2) is 0 Å². The quantitative estimate of drug-likeness (QED) is 0.659. The molecule has 86 valence electrons. The molecule has 5 nitrogen and oxygen atoms in total. The molecule has 0 aliphatic rings. The van der Waals surface area contributed by atoms with Crippen LogP contribution in [-0.4, -0.2) is 23.0 Å². The molecular weight excluding hydrogens is 208 g/mol. The Bertz CT molecular complexity index is 387. The number of benzene rings is 1. The number of hydrogen-bond donors (Lipinski definition) is 3. The second-order valence-corrected chi connectivity index (χ2v) is 3.39. The largest absolute Gasteiger partial charge is 0.480 e. The van der Waals surface area contributed by atoms with Crippen LogP contribution in [0.15, 0.2) is 24.3 Å². The van der Waals surface area contributed by atoms with Gasteiger partial charge in [-0.2, -0.15) is 0 Å². The molecule has 0 fully saturated rings. The third-order valence-corrected chi connectivity index (χ3v) is 2.18. The summed E-state index contributed by atoms with van der Waals surface area (Å²) in [6.07, 6.45) is 0.343. The smallest absolute Gasteiger partial charge is 0.326 e. The van der Waals surface area contributed by atoms with E-state index < -0.39 is 17.9 Å². The molecule has 5 heteroatoms. The summed E-state index contributed by atoms with van der Waals surface area (Å²) in [5, 5.41) is 11.2. The highest BCUT2D eigenvalue weighted by molar-refractivity contribution is 5.96. The molecule has 0 aliphatic heterocycles. The normalized spacial score (nSPS) is 11.8. The highest BCUT2D eigenvalue weighted by Gasteiger charge is 2.18. The monoisotopic (exact) mass is 222 g/mol. The Kier molecular flexibility index (Phi) is 3.88. The van der Waals surface area contributed by atoms with Gasteiger partial charge in [0.05, 0.1) is 0 Å². The minimum Gasteiger partial charge on any atom is -0.480 e. The van der Waals surface area contributed by atoms with Crippen LogP contribution in [0, 0.1) is 0 Å². The first-order valence-corrected chi connectivity index (χ1v) is 4.93. The summed E-state index contributed by atoms with van der Waals surface area (Å²) in [7, 11) is 0. The third-order valence-electron chi connectivity index (χ3n) is 2.18. The van der Waals surface area contributed by atoms with E-state index in [1.807, 2.05) is 0 Å². The van der Waals surface area contributed by atoms with Crippen LogP contribution in [0.1, 0.15) is 23.7 Å². The molecule has 0 aliphatic carbocycles. The lowest BCUT2D eigenvalue weighted by Gasteiger charge is -2.12. The van der Waals surface area contributed by atoms with Gasteiger partial charge in [-0.1, -0.05) is 6.92 Å². The summed E-state index contributed by atoms with van der Waals surface area (Å²) in [5.74, 6) is -1.44. The lowest BCUT2D eigenvalue weighted by molar-refractivity contribution is -0.139.